The fourth-order valence-electron chi connectivity index (χ4n) is 3.85. The molecular weight excluding hydrogens is 300 g/mol. The number of amides is 4. The minimum absolute atomic E-state index is 0.0168. The van der Waals surface area contributed by atoms with E-state index >= 15 is 0 Å². The van der Waals surface area contributed by atoms with Crippen molar-refractivity contribution in [3.05, 3.63) is 0 Å². The van der Waals surface area contributed by atoms with Crippen LogP contribution in [0.25, 0.3) is 0 Å². The molecule has 0 radical (unpaired) electrons. The molecule has 2 atom stereocenters. The molecular formula is C15H24N4O4. The SMILES string of the molecule is CNC(=O)[C@]12CCOC[C@H]1CN(C(=O)CN1CCCNC1=O)C2. The summed E-state index contributed by atoms with van der Waals surface area (Å²) in [7, 11) is 1.63. The van der Waals surface area contributed by atoms with Crippen molar-refractivity contribution in [3.63, 3.8) is 0 Å². The molecule has 3 heterocycles. The number of rotatable bonds is 3. The van der Waals surface area contributed by atoms with E-state index in [1.165, 1.54) is 4.90 Å². The molecule has 0 aromatic carbocycles. The third kappa shape index (κ3) is 2.87. The number of nitrogens with zero attached hydrogens (tertiary/aromatic N) is 2. The van der Waals surface area contributed by atoms with Crippen LogP contribution in [-0.2, 0) is 14.3 Å². The molecule has 3 aliphatic heterocycles. The zero-order valence-electron chi connectivity index (χ0n) is 13.5. The minimum Gasteiger partial charge on any atom is -0.381 e. The molecule has 0 bridgehead atoms. The molecule has 0 saturated carbocycles. The van der Waals surface area contributed by atoms with Gasteiger partial charge in [0.15, 0.2) is 0 Å². The van der Waals surface area contributed by atoms with Crippen molar-refractivity contribution in [2.45, 2.75) is 12.8 Å². The van der Waals surface area contributed by atoms with Crippen LogP contribution in [0.15, 0.2) is 0 Å². The minimum atomic E-state index is -0.549. The Kier molecular flexibility index (Phi) is 4.43. The number of ether oxygens (including phenoxy) is 1. The second kappa shape index (κ2) is 6.35. The maximum atomic E-state index is 12.6. The Bertz CT molecular complexity index is 512. The molecule has 3 saturated heterocycles. The van der Waals surface area contributed by atoms with Gasteiger partial charge in [0.05, 0.1) is 12.0 Å². The summed E-state index contributed by atoms with van der Waals surface area (Å²) in [6.45, 7) is 3.30. The molecule has 0 aliphatic carbocycles. The lowest BCUT2D eigenvalue weighted by atomic mass is 9.73. The molecule has 0 unspecified atom stereocenters. The van der Waals surface area contributed by atoms with Gasteiger partial charge in [0.25, 0.3) is 0 Å². The predicted molar refractivity (Wildman–Crippen MR) is 81.6 cm³/mol. The molecule has 8 nitrogen and oxygen atoms in total. The summed E-state index contributed by atoms with van der Waals surface area (Å²) in [5.41, 5.74) is -0.549. The van der Waals surface area contributed by atoms with Crippen molar-refractivity contribution in [2.75, 3.05) is 53.0 Å². The van der Waals surface area contributed by atoms with Gasteiger partial charge in [-0.1, -0.05) is 0 Å². The maximum Gasteiger partial charge on any atom is 0.317 e. The number of hydrogen-bond donors (Lipinski definition) is 2. The highest BCUT2D eigenvalue weighted by Crippen LogP contribution is 2.42. The Morgan fingerprint density at radius 3 is 3.04 bits per heavy atom. The normalized spacial score (nSPS) is 30.7. The van der Waals surface area contributed by atoms with Gasteiger partial charge in [-0.2, -0.15) is 0 Å². The van der Waals surface area contributed by atoms with Crippen LogP contribution in [0.1, 0.15) is 12.8 Å². The van der Waals surface area contributed by atoms with Crippen LogP contribution in [0, 0.1) is 11.3 Å². The average Bonchev–Trinajstić information content (AvgIpc) is 2.97. The number of likely N-dealkylation sites (tertiary alicyclic amines) is 1. The van der Waals surface area contributed by atoms with Crippen molar-refractivity contribution >= 4 is 17.8 Å². The highest BCUT2D eigenvalue weighted by atomic mass is 16.5. The fourth-order valence-corrected chi connectivity index (χ4v) is 3.85. The van der Waals surface area contributed by atoms with E-state index in [0.29, 0.717) is 45.8 Å². The summed E-state index contributed by atoms with van der Waals surface area (Å²) >= 11 is 0. The first-order valence-electron chi connectivity index (χ1n) is 8.17. The summed E-state index contributed by atoms with van der Waals surface area (Å²) in [6, 6.07) is -0.189. The molecule has 128 valence electrons. The first-order chi connectivity index (χ1) is 11.1. The van der Waals surface area contributed by atoms with Crippen molar-refractivity contribution in [1.82, 2.24) is 20.4 Å². The van der Waals surface area contributed by atoms with Crippen molar-refractivity contribution in [3.8, 4) is 0 Å². The standard InChI is InChI=1S/C15H24N4O4/c1-16-13(21)15-3-6-23-9-11(15)7-19(10-15)12(20)8-18-5-2-4-17-14(18)22/h11H,2-10H2,1H3,(H,16,21)(H,17,22)/t11-,15+/m1/s1. The van der Waals surface area contributed by atoms with E-state index in [-0.39, 0.29) is 30.3 Å². The Morgan fingerprint density at radius 2 is 2.30 bits per heavy atom. The second-order valence-corrected chi connectivity index (χ2v) is 6.54. The summed E-state index contributed by atoms with van der Waals surface area (Å²) in [4.78, 5) is 40.0. The topological polar surface area (TPSA) is 91.0 Å². The van der Waals surface area contributed by atoms with Gasteiger partial charge in [-0.3, -0.25) is 9.59 Å². The molecule has 3 fully saturated rings. The van der Waals surface area contributed by atoms with Crippen LogP contribution < -0.4 is 10.6 Å². The van der Waals surface area contributed by atoms with Gasteiger partial charge in [-0.15, -0.1) is 0 Å². The van der Waals surface area contributed by atoms with Gasteiger partial charge in [-0.05, 0) is 12.8 Å². The maximum absolute atomic E-state index is 12.6. The highest BCUT2D eigenvalue weighted by molar-refractivity contribution is 5.88. The number of fused-ring (bicyclic) bond motifs is 1. The van der Waals surface area contributed by atoms with E-state index in [1.54, 1.807) is 11.9 Å². The molecule has 0 aromatic rings. The third-order valence-corrected chi connectivity index (χ3v) is 5.23. The van der Waals surface area contributed by atoms with E-state index in [9.17, 15) is 14.4 Å². The summed E-state index contributed by atoms with van der Waals surface area (Å²) < 4.78 is 5.51. The van der Waals surface area contributed by atoms with Crippen molar-refractivity contribution < 1.29 is 19.1 Å². The van der Waals surface area contributed by atoms with Crippen LogP contribution >= 0.6 is 0 Å². The Balaban J connectivity index is 1.68. The third-order valence-electron chi connectivity index (χ3n) is 5.23. The largest absolute Gasteiger partial charge is 0.381 e. The number of urea groups is 1. The summed E-state index contributed by atoms with van der Waals surface area (Å²) in [5, 5.41) is 5.48. The van der Waals surface area contributed by atoms with Gasteiger partial charge >= 0.3 is 6.03 Å². The molecule has 0 aromatic heterocycles. The van der Waals surface area contributed by atoms with Gasteiger partial charge in [0, 0.05) is 45.8 Å². The number of hydrogen-bond acceptors (Lipinski definition) is 4. The predicted octanol–water partition coefficient (Wildman–Crippen LogP) is -0.987. The Hall–Kier alpha value is -1.83. The zero-order chi connectivity index (χ0) is 16.4. The average molecular weight is 324 g/mol. The van der Waals surface area contributed by atoms with Crippen LogP contribution in [0.3, 0.4) is 0 Å². The van der Waals surface area contributed by atoms with Crippen molar-refractivity contribution in [1.29, 1.82) is 0 Å². The smallest absolute Gasteiger partial charge is 0.317 e. The number of carbonyl (C=O) groups excluding carboxylic acids is 3. The quantitative estimate of drug-likeness (QED) is 0.698. The lowest BCUT2D eigenvalue weighted by molar-refractivity contribution is -0.139. The summed E-state index contributed by atoms with van der Waals surface area (Å²) in [6.07, 6.45) is 1.48. The Morgan fingerprint density at radius 1 is 1.48 bits per heavy atom. The molecule has 4 amide bonds. The van der Waals surface area contributed by atoms with E-state index in [4.69, 9.17) is 4.74 Å². The second-order valence-electron chi connectivity index (χ2n) is 6.54. The zero-order valence-corrected chi connectivity index (χ0v) is 13.5. The first-order valence-corrected chi connectivity index (χ1v) is 8.17. The molecule has 23 heavy (non-hydrogen) atoms. The van der Waals surface area contributed by atoms with Gasteiger partial charge < -0.3 is 25.2 Å². The first kappa shape index (κ1) is 16.0. The van der Waals surface area contributed by atoms with Gasteiger partial charge in [0.1, 0.15) is 6.54 Å². The number of carbonyl (C=O) groups is 3. The van der Waals surface area contributed by atoms with E-state index in [1.807, 2.05) is 0 Å². The fraction of sp³-hybridized carbons (Fsp3) is 0.800. The summed E-state index contributed by atoms with van der Waals surface area (Å²) in [5.74, 6) is -0.0909. The van der Waals surface area contributed by atoms with Gasteiger partial charge in [-0.25, -0.2) is 4.79 Å². The van der Waals surface area contributed by atoms with Crippen LogP contribution in [0.4, 0.5) is 4.79 Å². The van der Waals surface area contributed by atoms with Crippen LogP contribution in [0.2, 0.25) is 0 Å². The van der Waals surface area contributed by atoms with E-state index in [2.05, 4.69) is 10.6 Å². The molecule has 8 heteroatoms. The molecule has 3 aliphatic rings. The van der Waals surface area contributed by atoms with Crippen LogP contribution in [-0.4, -0.2) is 80.6 Å². The number of nitrogens with one attached hydrogen (secondary N) is 2. The lowest BCUT2D eigenvalue weighted by Crippen LogP contribution is -2.51. The lowest BCUT2D eigenvalue weighted by Gasteiger charge is -2.36. The molecule has 0 spiro atoms. The van der Waals surface area contributed by atoms with Crippen molar-refractivity contribution in [2.24, 2.45) is 11.3 Å². The van der Waals surface area contributed by atoms with Gasteiger partial charge in [0.2, 0.25) is 11.8 Å². The monoisotopic (exact) mass is 324 g/mol. The van der Waals surface area contributed by atoms with E-state index in [0.717, 1.165) is 6.42 Å². The molecule has 3 rings (SSSR count). The van der Waals surface area contributed by atoms with Crippen LogP contribution in [0.5, 0.6) is 0 Å². The highest BCUT2D eigenvalue weighted by Gasteiger charge is 2.54. The Labute approximate surface area is 135 Å². The van der Waals surface area contributed by atoms with E-state index < -0.39 is 5.41 Å². The molecule has 2 N–H and O–H groups in total.